The van der Waals surface area contributed by atoms with Gasteiger partial charge < -0.3 is 0 Å². The standard InChI is InChI=1S/C12H12Cl2.Zr/c13-11-5-1-3-9(11)7-8-10-4-2-6-12(10)14;/h1-4H,5-8H2;. The number of halogens is 2. The van der Waals surface area contributed by atoms with Crippen LogP contribution in [0.25, 0.3) is 0 Å². The van der Waals surface area contributed by atoms with Gasteiger partial charge in [0.05, 0.1) is 0 Å². The number of hydrogen-bond donors (Lipinski definition) is 0. The second-order valence-electron chi connectivity index (χ2n) is 3.57. The fraction of sp³-hybridized carbons (Fsp3) is 0.333. The van der Waals surface area contributed by atoms with Crippen LogP contribution in [0.4, 0.5) is 0 Å². The molecular formula is C12H12Cl2Zr. The van der Waals surface area contributed by atoms with Gasteiger partial charge in [-0.05, 0) is 24.0 Å². The molecule has 0 aromatic rings. The largest absolute Gasteiger partial charge is 0.0885 e. The normalized spacial score (nSPS) is 19.1. The van der Waals surface area contributed by atoms with Crippen molar-refractivity contribution >= 4 is 23.2 Å². The molecule has 15 heavy (non-hydrogen) atoms. The first-order valence-corrected chi connectivity index (χ1v) is 5.61. The van der Waals surface area contributed by atoms with Crippen molar-refractivity contribution in [2.24, 2.45) is 0 Å². The summed E-state index contributed by atoms with van der Waals surface area (Å²) in [4.78, 5) is 0. The van der Waals surface area contributed by atoms with Gasteiger partial charge in [0.1, 0.15) is 0 Å². The molecule has 0 saturated carbocycles. The Balaban J connectivity index is 0.00000112. The maximum absolute atomic E-state index is 6.05. The average Bonchev–Trinajstić information content (AvgIpc) is 2.72. The van der Waals surface area contributed by atoms with E-state index in [1.807, 2.05) is 0 Å². The van der Waals surface area contributed by atoms with Gasteiger partial charge in [-0.15, -0.1) is 0 Å². The smallest absolute Gasteiger partial charge is 0.0250 e. The zero-order valence-electron chi connectivity index (χ0n) is 8.39. The van der Waals surface area contributed by atoms with Gasteiger partial charge in [-0.2, -0.15) is 0 Å². The minimum Gasteiger partial charge on any atom is -0.0885 e. The van der Waals surface area contributed by atoms with E-state index in [-0.39, 0.29) is 26.2 Å². The molecule has 2 aliphatic rings. The molecule has 0 amide bonds. The van der Waals surface area contributed by atoms with Crippen LogP contribution in [-0.2, 0) is 26.2 Å². The van der Waals surface area contributed by atoms with Crippen LogP contribution >= 0.6 is 23.2 Å². The van der Waals surface area contributed by atoms with Gasteiger partial charge in [-0.1, -0.05) is 47.5 Å². The molecule has 0 heterocycles. The Bertz CT molecular complexity index is 326. The SMILES string of the molecule is ClC1=C(CCC2=C(Cl)CC=C2)C=CC1.[Zr]. The molecule has 3 heteroatoms. The van der Waals surface area contributed by atoms with E-state index in [1.165, 1.54) is 11.1 Å². The Morgan fingerprint density at radius 3 is 1.53 bits per heavy atom. The van der Waals surface area contributed by atoms with E-state index < -0.39 is 0 Å². The second-order valence-corrected chi connectivity index (χ2v) is 4.49. The van der Waals surface area contributed by atoms with Gasteiger partial charge >= 0.3 is 0 Å². The Kier molecular flexibility index (Phi) is 5.60. The molecule has 0 N–H and O–H groups in total. The van der Waals surface area contributed by atoms with Crippen molar-refractivity contribution in [3.8, 4) is 0 Å². The molecular weight excluding hydrogens is 306 g/mol. The van der Waals surface area contributed by atoms with E-state index in [1.54, 1.807) is 0 Å². The van der Waals surface area contributed by atoms with E-state index in [9.17, 15) is 0 Å². The minimum atomic E-state index is 0. The second kappa shape index (κ2) is 6.23. The molecule has 2 aliphatic carbocycles. The first-order chi connectivity index (χ1) is 6.77. The van der Waals surface area contributed by atoms with Crippen molar-refractivity contribution < 1.29 is 26.2 Å². The summed E-state index contributed by atoms with van der Waals surface area (Å²) in [5.74, 6) is 0. The summed E-state index contributed by atoms with van der Waals surface area (Å²) in [5.41, 5.74) is 2.54. The quantitative estimate of drug-likeness (QED) is 0.709. The predicted molar refractivity (Wildman–Crippen MR) is 62.5 cm³/mol. The summed E-state index contributed by atoms with van der Waals surface area (Å²) in [5, 5.41) is 1.98. The third-order valence-electron chi connectivity index (χ3n) is 2.59. The topological polar surface area (TPSA) is 0 Å². The number of allylic oxidation sites excluding steroid dienone is 8. The fourth-order valence-corrected chi connectivity index (χ4v) is 2.25. The maximum Gasteiger partial charge on any atom is 0.0250 e. The molecule has 0 atom stereocenters. The van der Waals surface area contributed by atoms with Crippen LogP contribution in [0.1, 0.15) is 25.7 Å². The molecule has 0 spiro atoms. The molecule has 78 valence electrons. The number of hydrogen-bond acceptors (Lipinski definition) is 0. The summed E-state index contributed by atoms with van der Waals surface area (Å²) in [6.45, 7) is 0. The molecule has 0 unspecified atom stereocenters. The zero-order valence-corrected chi connectivity index (χ0v) is 12.4. The summed E-state index contributed by atoms with van der Waals surface area (Å²) in [7, 11) is 0. The molecule has 0 radical (unpaired) electrons. The molecule has 0 aromatic heterocycles. The molecule has 0 nitrogen and oxygen atoms in total. The monoisotopic (exact) mass is 316 g/mol. The van der Waals surface area contributed by atoms with Crippen LogP contribution in [0.15, 0.2) is 45.5 Å². The van der Waals surface area contributed by atoms with Crippen LogP contribution in [-0.4, -0.2) is 0 Å². The third-order valence-corrected chi connectivity index (χ3v) is 3.39. The molecule has 0 aromatic carbocycles. The summed E-state index contributed by atoms with van der Waals surface area (Å²) >= 11 is 12.1. The molecule has 0 bridgehead atoms. The Morgan fingerprint density at radius 2 is 1.27 bits per heavy atom. The summed E-state index contributed by atoms with van der Waals surface area (Å²) in [6, 6.07) is 0. The van der Waals surface area contributed by atoms with E-state index in [0.717, 1.165) is 35.7 Å². The van der Waals surface area contributed by atoms with E-state index in [2.05, 4.69) is 24.3 Å². The van der Waals surface area contributed by atoms with Crippen molar-refractivity contribution in [2.45, 2.75) is 25.7 Å². The van der Waals surface area contributed by atoms with Crippen LogP contribution in [0.3, 0.4) is 0 Å². The van der Waals surface area contributed by atoms with E-state index in [4.69, 9.17) is 23.2 Å². The summed E-state index contributed by atoms with van der Waals surface area (Å²) < 4.78 is 0. The Hall–Kier alpha value is 0.423. The van der Waals surface area contributed by atoms with Crippen molar-refractivity contribution in [2.75, 3.05) is 0 Å². The molecule has 2 rings (SSSR count). The van der Waals surface area contributed by atoms with E-state index >= 15 is 0 Å². The Labute approximate surface area is 120 Å². The van der Waals surface area contributed by atoms with Crippen molar-refractivity contribution in [3.63, 3.8) is 0 Å². The van der Waals surface area contributed by atoms with Gasteiger partial charge in [0.2, 0.25) is 0 Å². The molecule has 0 fully saturated rings. The first kappa shape index (κ1) is 13.5. The van der Waals surface area contributed by atoms with Gasteiger partial charge in [0.15, 0.2) is 0 Å². The zero-order chi connectivity index (χ0) is 9.97. The Morgan fingerprint density at radius 1 is 0.867 bits per heavy atom. The van der Waals surface area contributed by atoms with Gasteiger partial charge in [-0.25, -0.2) is 0 Å². The van der Waals surface area contributed by atoms with Gasteiger partial charge in [0.25, 0.3) is 0 Å². The third kappa shape index (κ3) is 3.44. The molecule has 0 aliphatic heterocycles. The van der Waals surface area contributed by atoms with Gasteiger partial charge in [0, 0.05) is 49.1 Å². The minimum absolute atomic E-state index is 0. The first-order valence-electron chi connectivity index (χ1n) is 4.85. The summed E-state index contributed by atoms with van der Waals surface area (Å²) in [6.07, 6.45) is 12.3. The van der Waals surface area contributed by atoms with Crippen LogP contribution in [0.5, 0.6) is 0 Å². The predicted octanol–water partition coefficient (Wildman–Crippen LogP) is 4.67. The average molecular weight is 318 g/mol. The maximum atomic E-state index is 6.05. The van der Waals surface area contributed by atoms with Crippen molar-refractivity contribution in [3.05, 3.63) is 45.5 Å². The number of rotatable bonds is 3. The van der Waals surface area contributed by atoms with Crippen molar-refractivity contribution in [1.82, 2.24) is 0 Å². The van der Waals surface area contributed by atoms with Crippen LogP contribution in [0.2, 0.25) is 0 Å². The van der Waals surface area contributed by atoms with Crippen molar-refractivity contribution in [1.29, 1.82) is 0 Å². The fourth-order valence-electron chi connectivity index (χ4n) is 1.76. The van der Waals surface area contributed by atoms with Gasteiger partial charge in [-0.3, -0.25) is 0 Å². The van der Waals surface area contributed by atoms with E-state index in [0.29, 0.717) is 0 Å². The van der Waals surface area contributed by atoms with Crippen LogP contribution < -0.4 is 0 Å². The molecule has 0 saturated heterocycles. The van der Waals surface area contributed by atoms with Crippen LogP contribution in [0, 0.1) is 0 Å².